The van der Waals surface area contributed by atoms with Crippen molar-refractivity contribution in [1.82, 2.24) is 5.32 Å². The number of rotatable bonds is 1. The van der Waals surface area contributed by atoms with Gasteiger partial charge in [0.05, 0.1) is 0 Å². The Bertz CT molecular complexity index is 805. The molecule has 3 nitrogen and oxygen atoms in total. The van der Waals surface area contributed by atoms with Crippen molar-refractivity contribution in [2.24, 2.45) is 10.2 Å². The Hall–Kier alpha value is -3.04. The lowest BCUT2D eigenvalue weighted by Gasteiger charge is -1.92. The van der Waals surface area contributed by atoms with Gasteiger partial charge in [0, 0.05) is 14.1 Å². The van der Waals surface area contributed by atoms with Crippen molar-refractivity contribution in [3.05, 3.63) is 97.1 Å². The van der Waals surface area contributed by atoms with Crippen LogP contribution in [-0.4, -0.2) is 27.7 Å². The molecule has 1 N–H and O–H groups in total. The molecule has 0 aliphatic rings. The smallest absolute Gasteiger partial charge is 0.0487 e. The van der Waals surface area contributed by atoms with Gasteiger partial charge in [-0.1, -0.05) is 226 Å². The van der Waals surface area contributed by atoms with Gasteiger partial charge in [0.1, 0.15) is 0 Å². The maximum atomic E-state index is 3.36. The summed E-state index contributed by atoms with van der Waals surface area (Å²) in [6.45, 7) is 28.6. The summed E-state index contributed by atoms with van der Waals surface area (Å²) in [5.41, 5.74) is 0. The SMILES string of the molecule is CCC.CCC.CCC.CCC.CCC.CCC.CCNC.CN=NC.c1ccc2ccccc2c1.c1ccc2ccccc2c1. The van der Waals surface area contributed by atoms with Gasteiger partial charge >= 0.3 is 0 Å². The first kappa shape index (κ1) is 55.4. The second-order valence-electron chi connectivity index (χ2n) is 10.0. The van der Waals surface area contributed by atoms with Crippen molar-refractivity contribution in [2.45, 2.75) is 129 Å². The molecule has 0 atom stereocenters. The molecule has 0 unspecified atom stereocenters. The zero-order chi connectivity index (χ0) is 36.7. The molecule has 0 amide bonds. The summed E-state index contributed by atoms with van der Waals surface area (Å²) in [6, 6.07) is 33.4. The van der Waals surface area contributed by atoms with E-state index in [2.05, 4.69) is 203 Å². The summed E-state index contributed by atoms with van der Waals surface area (Å²) in [5, 5.41) is 14.9. The molecule has 0 fully saturated rings. The molecule has 4 aromatic rings. The monoisotopic (exact) mass is 638 g/mol. The molecule has 0 bridgehead atoms. The molecule has 0 aliphatic carbocycles. The van der Waals surface area contributed by atoms with Crippen LogP contribution in [0.2, 0.25) is 0 Å². The van der Waals surface area contributed by atoms with Crippen LogP contribution in [0.25, 0.3) is 21.5 Å². The fraction of sp³-hybridized carbons (Fsp3) is 0.535. The second-order valence-corrected chi connectivity index (χ2v) is 10.0. The molecular weight excluding hydrogens is 558 g/mol. The molecular formula is C43H79N3. The summed E-state index contributed by atoms with van der Waals surface area (Å²) < 4.78 is 0. The number of hydrogen-bond acceptors (Lipinski definition) is 3. The van der Waals surface area contributed by atoms with Gasteiger partial charge in [0.2, 0.25) is 0 Å². The normalized spacial score (nSPS) is 8.17. The topological polar surface area (TPSA) is 36.8 Å². The van der Waals surface area contributed by atoms with E-state index < -0.39 is 0 Å². The number of benzene rings is 4. The predicted octanol–water partition coefficient (Wildman–Crippen LogP) is 15.1. The van der Waals surface area contributed by atoms with Gasteiger partial charge in [0.25, 0.3) is 0 Å². The molecule has 46 heavy (non-hydrogen) atoms. The van der Waals surface area contributed by atoms with E-state index in [1.165, 1.54) is 60.1 Å². The first-order chi connectivity index (χ1) is 22.2. The minimum atomic E-state index is 1.07. The van der Waals surface area contributed by atoms with Crippen LogP contribution >= 0.6 is 0 Å². The Balaban J connectivity index is -0.000000103. The van der Waals surface area contributed by atoms with Crippen LogP contribution in [0, 0.1) is 0 Å². The van der Waals surface area contributed by atoms with Crippen LogP contribution in [-0.2, 0) is 0 Å². The highest BCUT2D eigenvalue weighted by atomic mass is 15.0. The lowest BCUT2D eigenvalue weighted by Crippen LogP contribution is -2.01. The summed E-state index contributed by atoms with van der Waals surface area (Å²) >= 11 is 0. The molecule has 0 aliphatic heterocycles. The highest BCUT2D eigenvalue weighted by molar-refractivity contribution is 5.82. The van der Waals surface area contributed by atoms with Gasteiger partial charge < -0.3 is 5.32 Å². The molecule has 0 aromatic heterocycles. The van der Waals surface area contributed by atoms with Crippen molar-refractivity contribution < 1.29 is 0 Å². The van der Waals surface area contributed by atoms with E-state index in [0.717, 1.165) is 6.54 Å². The summed E-state index contributed by atoms with van der Waals surface area (Å²) in [4.78, 5) is 0. The van der Waals surface area contributed by atoms with E-state index in [1.807, 2.05) is 7.05 Å². The first-order valence-corrected chi connectivity index (χ1v) is 17.9. The van der Waals surface area contributed by atoms with Gasteiger partial charge in [-0.3, -0.25) is 0 Å². The Labute approximate surface area is 289 Å². The van der Waals surface area contributed by atoms with Crippen LogP contribution in [0.15, 0.2) is 107 Å². The van der Waals surface area contributed by atoms with Gasteiger partial charge in [-0.05, 0) is 35.1 Å². The van der Waals surface area contributed by atoms with E-state index in [9.17, 15) is 0 Å². The van der Waals surface area contributed by atoms with Crippen molar-refractivity contribution in [2.75, 3.05) is 27.7 Å². The van der Waals surface area contributed by atoms with Crippen LogP contribution < -0.4 is 5.32 Å². The molecule has 0 heterocycles. The maximum absolute atomic E-state index is 3.36. The zero-order valence-electron chi connectivity index (χ0n) is 33.6. The van der Waals surface area contributed by atoms with Crippen LogP contribution in [0.5, 0.6) is 0 Å². The van der Waals surface area contributed by atoms with E-state index in [1.54, 1.807) is 14.1 Å². The first-order valence-electron chi connectivity index (χ1n) is 17.9. The fourth-order valence-corrected chi connectivity index (χ4v) is 2.27. The molecule has 0 spiro atoms. The van der Waals surface area contributed by atoms with Crippen LogP contribution in [0.3, 0.4) is 0 Å². The average molecular weight is 638 g/mol. The summed E-state index contributed by atoms with van der Waals surface area (Å²) in [5.74, 6) is 0. The molecule has 266 valence electrons. The van der Waals surface area contributed by atoms with E-state index in [0.29, 0.717) is 0 Å². The molecule has 0 saturated heterocycles. The highest BCUT2D eigenvalue weighted by Gasteiger charge is 1.86. The van der Waals surface area contributed by atoms with Gasteiger partial charge in [-0.15, -0.1) is 0 Å². The van der Waals surface area contributed by atoms with Crippen molar-refractivity contribution in [3.8, 4) is 0 Å². The molecule has 4 aromatic carbocycles. The molecule has 3 heteroatoms. The Morgan fingerprint density at radius 3 is 0.522 bits per heavy atom. The lowest BCUT2D eigenvalue weighted by atomic mass is 10.1. The second kappa shape index (κ2) is 57.6. The molecule has 0 saturated carbocycles. The average Bonchev–Trinajstić information content (AvgIpc) is 3.08. The zero-order valence-corrected chi connectivity index (χ0v) is 33.6. The van der Waals surface area contributed by atoms with E-state index >= 15 is 0 Å². The van der Waals surface area contributed by atoms with Gasteiger partial charge in [0.15, 0.2) is 0 Å². The Morgan fingerprint density at radius 1 is 0.348 bits per heavy atom. The van der Waals surface area contributed by atoms with Gasteiger partial charge in [-0.2, -0.15) is 10.2 Å². The third-order valence-corrected chi connectivity index (χ3v) is 3.87. The van der Waals surface area contributed by atoms with E-state index in [-0.39, 0.29) is 0 Å². The standard InChI is InChI=1S/2C10H8.C3H9N.6C3H8.C2H6N2/c2*1-2-6-10-8-4-3-7-9(10)5-1;1-3-4-2;6*1-3-2;1-3-4-2/h2*1-8H;4H,3H2,1-2H3;6*3H2,1-2H3;1-2H3. The highest BCUT2D eigenvalue weighted by Crippen LogP contribution is 2.12. The Kier molecular flexibility index (Phi) is 69.3. The van der Waals surface area contributed by atoms with Crippen LogP contribution in [0.4, 0.5) is 0 Å². The quantitative estimate of drug-likeness (QED) is 0.207. The Morgan fingerprint density at radius 2 is 0.457 bits per heavy atom. The van der Waals surface area contributed by atoms with Crippen molar-refractivity contribution in [3.63, 3.8) is 0 Å². The fourth-order valence-electron chi connectivity index (χ4n) is 2.27. The number of fused-ring (bicyclic) bond motifs is 2. The minimum Gasteiger partial charge on any atom is -0.320 e. The number of azo groups is 1. The predicted molar refractivity (Wildman–Crippen MR) is 220 cm³/mol. The minimum absolute atomic E-state index is 1.07. The number of nitrogens with one attached hydrogen (secondary N) is 1. The maximum Gasteiger partial charge on any atom is 0.0487 e. The summed E-state index contributed by atoms with van der Waals surface area (Å²) in [7, 11) is 5.21. The van der Waals surface area contributed by atoms with Crippen LogP contribution in [0.1, 0.15) is 129 Å². The van der Waals surface area contributed by atoms with Gasteiger partial charge in [-0.25, -0.2) is 0 Å². The summed E-state index contributed by atoms with van der Waals surface area (Å²) in [6.07, 6.45) is 7.50. The number of nitrogens with zero attached hydrogens (tertiary/aromatic N) is 2. The van der Waals surface area contributed by atoms with Crippen molar-refractivity contribution in [1.29, 1.82) is 0 Å². The van der Waals surface area contributed by atoms with E-state index in [4.69, 9.17) is 0 Å². The largest absolute Gasteiger partial charge is 0.320 e. The third-order valence-electron chi connectivity index (χ3n) is 3.87. The van der Waals surface area contributed by atoms with Crippen molar-refractivity contribution >= 4 is 21.5 Å². The third kappa shape index (κ3) is 53.5. The lowest BCUT2D eigenvalue weighted by molar-refractivity contribution is 0.864. The molecule has 0 radical (unpaired) electrons. The molecule has 4 rings (SSSR count). The number of hydrogen-bond donors (Lipinski definition) is 1.